The van der Waals surface area contributed by atoms with Crippen molar-refractivity contribution in [2.24, 2.45) is 0 Å². The zero-order valence-electron chi connectivity index (χ0n) is 10.7. The summed E-state index contributed by atoms with van der Waals surface area (Å²) in [6, 6.07) is 11.1. The summed E-state index contributed by atoms with van der Waals surface area (Å²) in [4.78, 5) is 16.0. The molecule has 20 heavy (non-hydrogen) atoms. The Balaban J connectivity index is 2.02. The van der Waals surface area contributed by atoms with Crippen molar-refractivity contribution < 1.29 is 9.53 Å². The van der Waals surface area contributed by atoms with Crippen molar-refractivity contribution in [3.63, 3.8) is 0 Å². The van der Waals surface area contributed by atoms with Gasteiger partial charge < -0.3 is 9.14 Å². The molecule has 0 amide bonds. The molecule has 0 saturated heterocycles. The first-order chi connectivity index (χ1) is 9.69. The highest BCUT2D eigenvalue weighted by Gasteiger charge is 2.08. The average molecular weight is 331 g/mol. The third-order valence-electron chi connectivity index (χ3n) is 3.04. The molecule has 4 nitrogen and oxygen atoms in total. The van der Waals surface area contributed by atoms with Crippen molar-refractivity contribution in [2.45, 2.75) is 0 Å². The van der Waals surface area contributed by atoms with Gasteiger partial charge in [-0.2, -0.15) is 0 Å². The summed E-state index contributed by atoms with van der Waals surface area (Å²) in [6.07, 6.45) is 3.90. The van der Waals surface area contributed by atoms with Crippen molar-refractivity contribution in [3.8, 4) is 11.3 Å². The van der Waals surface area contributed by atoms with Gasteiger partial charge in [0.1, 0.15) is 0 Å². The largest absolute Gasteiger partial charge is 0.465 e. The Morgan fingerprint density at radius 1 is 1.25 bits per heavy atom. The molecule has 0 aliphatic heterocycles. The first kappa shape index (κ1) is 12.9. The summed E-state index contributed by atoms with van der Waals surface area (Å²) < 4.78 is 7.57. The Morgan fingerprint density at radius 3 is 2.65 bits per heavy atom. The summed E-state index contributed by atoms with van der Waals surface area (Å²) in [7, 11) is 1.37. The van der Waals surface area contributed by atoms with E-state index in [1.165, 1.54) is 7.11 Å². The minimum atomic E-state index is -0.339. The van der Waals surface area contributed by atoms with Gasteiger partial charge in [-0.05, 0) is 40.2 Å². The lowest BCUT2D eigenvalue weighted by Gasteiger charge is -2.00. The number of rotatable bonds is 2. The van der Waals surface area contributed by atoms with Crippen LogP contribution in [0, 0.1) is 0 Å². The lowest BCUT2D eigenvalue weighted by molar-refractivity contribution is 0.0601. The molecule has 3 rings (SSSR count). The number of hydrogen-bond acceptors (Lipinski definition) is 3. The molecule has 0 aliphatic rings. The smallest absolute Gasteiger partial charge is 0.337 e. The van der Waals surface area contributed by atoms with Gasteiger partial charge in [0.15, 0.2) is 5.65 Å². The van der Waals surface area contributed by atoms with Crippen molar-refractivity contribution in [3.05, 3.63) is 58.8 Å². The SMILES string of the molecule is COC(=O)c1ccc(-c2cn3cccc(Br)c3n2)cc1. The molecule has 0 fully saturated rings. The zero-order valence-corrected chi connectivity index (χ0v) is 12.3. The van der Waals surface area contributed by atoms with Crippen molar-refractivity contribution in [1.82, 2.24) is 9.38 Å². The lowest BCUT2D eigenvalue weighted by Crippen LogP contribution is -2.00. The van der Waals surface area contributed by atoms with E-state index in [1.54, 1.807) is 12.1 Å². The fourth-order valence-corrected chi connectivity index (χ4v) is 2.46. The molecule has 0 spiro atoms. The van der Waals surface area contributed by atoms with E-state index in [0.717, 1.165) is 21.4 Å². The average Bonchev–Trinajstić information content (AvgIpc) is 2.92. The molecule has 3 aromatic rings. The predicted molar refractivity (Wildman–Crippen MR) is 79.7 cm³/mol. The fourth-order valence-electron chi connectivity index (χ4n) is 2.01. The zero-order chi connectivity index (χ0) is 14.1. The van der Waals surface area contributed by atoms with Gasteiger partial charge in [-0.25, -0.2) is 9.78 Å². The number of nitrogens with zero attached hydrogens (tertiary/aromatic N) is 2. The van der Waals surface area contributed by atoms with Crippen LogP contribution in [0.4, 0.5) is 0 Å². The van der Waals surface area contributed by atoms with Gasteiger partial charge in [0, 0.05) is 18.0 Å². The Morgan fingerprint density at radius 2 is 2.00 bits per heavy atom. The van der Waals surface area contributed by atoms with Crippen LogP contribution in [0.1, 0.15) is 10.4 Å². The molecule has 0 radical (unpaired) electrons. The summed E-state index contributed by atoms with van der Waals surface area (Å²) >= 11 is 3.48. The quantitative estimate of drug-likeness (QED) is 0.675. The van der Waals surface area contributed by atoms with Gasteiger partial charge in [-0.3, -0.25) is 0 Å². The molecule has 0 atom stereocenters. The third kappa shape index (κ3) is 2.20. The number of ether oxygens (including phenoxy) is 1. The van der Waals surface area contributed by atoms with Crippen LogP contribution in [-0.4, -0.2) is 22.5 Å². The Hall–Kier alpha value is -2.14. The lowest BCUT2D eigenvalue weighted by atomic mass is 10.1. The van der Waals surface area contributed by atoms with Crippen LogP contribution in [0.3, 0.4) is 0 Å². The van der Waals surface area contributed by atoms with Gasteiger partial charge in [0.25, 0.3) is 0 Å². The van der Waals surface area contributed by atoms with E-state index < -0.39 is 0 Å². The van der Waals surface area contributed by atoms with Crippen LogP contribution in [0.15, 0.2) is 53.3 Å². The highest BCUT2D eigenvalue weighted by molar-refractivity contribution is 9.10. The predicted octanol–water partition coefficient (Wildman–Crippen LogP) is 3.55. The van der Waals surface area contributed by atoms with Crippen LogP contribution in [-0.2, 0) is 4.74 Å². The van der Waals surface area contributed by atoms with Crippen LogP contribution in [0.25, 0.3) is 16.9 Å². The molecule has 5 heteroatoms. The van der Waals surface area contributed by atoms with Gasteiger partial charge in [-0.1, -0.05) is 12.1 Å². The van der Waals surface area contributed by atoms with E-state index >= 15 is 0 Å². The topological polar surface area (TPSA) is 43.6 Å². The Bertz CT molecular complexity index is 778. The number of esters is 1. The number of aromatic nitrogens is 2. The summed E-state index contributed by atoms with van der Waals surface area (Å²) in [6.45, 7) is 0. The summed E-state index contributed by atoms with van der Waals surface area (Å²) in [5.74, 6) is -0.339. The molecule has 2 aromatic heterocycles. The number of fused-ring (bicyclic) bond motifs is 1. The standard InChI is InChI=1S/C15H11BrN2O2/c1-20-15(19)11-6-4-10(5-7-11)13-9-18-8-2-3-12(16)14(18)17-13/h2-9H,1H3. The van der Waals surface area contributed by atoms with Gasteiger partial charge in [0.2, 0.25) is 0 Å². The molecule has 0 bridgehead atoms. The number of halogens is 1. The minimum absolute atomic E-state index is 0.339. The van der Waals surface area contributed by atoms with E-state index in [1.807, 2.05) is 41.1 Å². The van der Waals surface area contributed by atoms with E-state index in [2.05, 4.69) is 25.7 Å². The normalized spacial score (nSPS) is 10.7. The van der Waals surface area contributed by atoms with Crippen LogP contribution >= 0.6 is 15.9 Å². The molecular formula is C15H11BrN2O2. The molecule has 0 aliphatic carbocycles. The number of benzene rings is 1. The van der Waals surface area contributed by atoms with Gasteiger partial charge in [-0.15, -0.1) is 0 Å². The van der Waals surface area contributed by atoms with Crippen molar-refractivity contribution in [1.29, 1.82) is 0 Å². The van der Waals surface area contributed by atoms with E-state index in [0.29, 0.717) is 5.56 Å². The second kappa shape index (κ2) is 5.09. The second-order valence-corrected chi connectivity index (χ2v) is 5.14. The molecule has 0 unspecified atom stereocenters. The summed E-state index contributed by atoms with van der Waals surface area (Å²) in [5.41, 5.74) is 3.20. The second-order valence-electron chi connectivity index (χ2n) is 4.28. The Labute approximate surface area is 124 Å². The maximum Gasteiger partial charge on any atom is 0.337 e. The monoisotopic (exact) mass is 330 g/mol. The fraction of sp³-hybridized carbons (Fsp3) is 0.0667. The highest BCUT2D eigenvalue weighted by Crippen LogP contribution is 2.23. The molecule has 2 heterocycles. The molecule has 0 N–H and O–H groups in total. The van der Waals surface area contributed by atoms with Gasteiger partial charge >= 0.3 is 5.97 Å². The molecular weight excluding hydrogens is 320 g/mol. The van der Waals surface area contributed by atoms with E-state index in [9.17, 15) is 4.79 Å². The number of carbonyl (C=O) groups is 1. The number of hydrogen-bond donors (Lipinski definition) is 0. The summed E-state index contributed by atoms with van der Waals surface area (Å²) in [5, 5.41) is 0. The number of methoxy groups -OCH3 is 1. The number of carbonyl (C=O) groups excluding carboxylic acids is 1. The van der Waals surface area contributed by atoms with Crippen LogP contribution in [0.2, 0.25) is 0 Å². The van der Waals surface area contributed by atoms with Gasteiger partial charge in [0.05, 0.1) is 22.8 Å². The van der Waals surface area contributed by atoms with Crippen LogP contribution in [0.5, 0.6) is 0 Å². The first-order valence-corrected chi connectivity index (χ1v) is 6.80. The first-order valence-electron chi connectivity index (χ1n) is 6.01. The maximum atomic E-state index is 11.4. The highest BCUT2D eigenvalue weighted by atomic mass is 79.9. The molecule has 0 saturated carbocycles. The minimum Gasteiger partial charge on any atom is -0.465 e. The van der Waals surface area contributed by atoms with E-state index in [4.69, 9.17) is 0 Å². The maximum absolute atomic E-state index is 11.4. The van der Waals surface area contributed by atoms with E-state index in [-0.39, 0.29) is 5.97 Å². The number of pyridine rings is 1. The number of imidazole rings is 1. The Kier molecular flexibility index (Phi) is 3.28. The third-order valence-corrected chi connectivity index (χ3v) is 3.66. The molecule has 1 aromatic carbocycles. The molecule has 100 valence electrons. The van der Waals surface area contributed by atoms with Crippen molar-refractivity contribution >= 4 is 27.5 Å². The van der Waals surface area contributed by atoms with Crippen LogP contribution < -0.4 is 0 Å². The van der Waals surface area contributed by atoms with Crippen molar-refractivity contribution in [2.75, 3.05) is 7.11 Å².